The van der Waals surface area contributed by atoms with Gasteiger partial charge in [0, 0.05) is 27.5 Å². The molecule has 0 unspecified atom stereocenters. The number of anilines is 2. The zero-order valence-electron chi connectivity index (χ0n) is 13.7. The number of carbonyl (C=O) groups is 2. The summed E-state index contributed by atoms with van der Waals surface area (Å²) < 4.78 is 14.7. The van der Waals surface area contributed by atoms with Crippen molar-refractivity contribution in [3.05, 3.63) is 86.7 Å². The molecule has 0 saturated carbocycles. The van der Waals surface area contributed by atoms with E-state index in [4.69, 9.17) is 0 Å². The van der Waals surface area contributed by atoms with Crippen LogP contribution in [-0.4, -0.2) is 16.8 Å². The maximum absolute atomic E-state index is 13.6. The summed E-state index contributed by atoms with van der Waals surface area (Å²) in [5.74, 6) is -0.968. The molecule has 0 atom stereocenters. The van der Waals surface area contributed by atoms with Gasteiger partial charge in [-0.05, 0) is 80.4 Å². The molecule has 5 nitrogen and oxygen atoms in total. The van der Waals surface area contributed by atoms with Crippen LogP contribution in [0, 0.1) is 5.82 Å². The summed E-state index contributed by atoms with van der Waals surface area (Å²) in [6, 6.07) is 13.9. The van der Waals surface area contributed by atoms with Crippen LogP contribution in [0.15, 0.2) is 69.7 Å². The summed E-state index contributed by atoms with van der Waals surface area (Å²) in [6.45, 7) is 0. The minimum Gasteiger partial charge on any atom is -0.322 e. The summed E-state index contributed by atoms with van der Waals surface area (Å²) in [4.78, 5) is 28.7. The van der Waals surface area contributed by atoms with E-state index in [0.717, 1.165) is 10.5 Å². The number of rotatable bonds is 4. The van der Waals surface area contributed by atoms with E-state index in [-0.39, 0.29) is 15.9 Å². The van der Waals surface area contributed by atoms with Gasteiger partial charge in [-0.25, -0.2) is 9.37 Å². The van der Waals surface area contributed by atoms with Gasteiger partial charge in [-0.15, -0.1) is 0 Å². The molecule has 136 valence electrons. The maximum atomic E-state index is 13.6. The van der Waals surface area contributed by atoms with Crippen LogP contribution in [0.2, 0.25) is 0 Å². The highest BCUT2D eigenvalue weighted by Crippen LogP contribution is 2.18. The van der Waals surface area contributed by atoms with Crippen LogP contribution in [0.1, 0.15) is 20.7 Å². The number of carbonyl (C=O) groups excluding carboxylic acids is 2. The average molecular weight is 493 g/mol. The quantitative estimate of drug-likeness (QED) is 0.522. The number of amides is 2. The van der Waals surface area contributed by atoms with Gasteiger partial charge in [-0.2, -0.15) is 0 Å². The van der Waals surface area contributed by atoms with E-state index in [2.05, 4.69) is 47.5 Å². The van der Waals surface area contributed by atoms with Crippen LogP contribution in [0.4, 0.5) is 15.9 Å². The monoisotopic (exact) mass is 491 g/mol. The molecular formula is C19H12Br2FN3O2. The molecule has 0 aliphatic carbocycles. The zero-order chi connectivity index (χ0) is 19.4. The standard InChI is InChI=1S/C19H12Br2FN3O2/c20-13-5-7-17(23-10-13)25-19(27)11-2-1-3-14(8-11)24-18(26)12-4-6-15(21)16(22)9-12/h1-10H,(H,24,26)(H,23,25,27). The zero-order valence-corrected chi connectivity index (χ0v) is 16.8. The van der Waals surface area contributed by atoms with Crippen molar-refractivity contribution in [2.75, 3.05) is 10.6 Å². The molecule has 0 spiro atoms. The first-order chi connectivity index (χ1) is 12.9. The van der Waals surface area contributed by atoms with E-state index in [9.17, 15) is 14.0 Å². The molecule has 27 heavy (non-hydrogen) atoms. The fourth-order valence-electron chi connectivity index (χ4n) is 2.22. The molecule has 0 bridgehead atoms. The number of pyridine rings is 1. The first kappa shape index (κ1) is 19.2. The van der Waals surface area contributed by atoms with Gasteiger partial charge in [0.2, 0.25) is 0 Å². The minimum absolute atomic E-state index is 0.171. The van der Waals surface area contributed by atoms with Crippen LogP contribution in [0.5, 0.6) is 0 Å². The number of aromatic nitrogens is 1. The predicted molar refractivity (Wildman–Crippen MR) is 108 cm³/mol. The average Bonchev–Trinajstić information content (AvgIpc) is 2.66. The molecule has 1 aromatic heterocycles. The highest BCUT2D eigenvalue weighted by Gasteiger charge is 2.11. The highest BCUT2D eigenvalue weighted by atomic mass is 79.9. The van der Waals surface area contributed by atoms with Gasteiger partial charge >= 0.3 is 0 Å². The summed E-state index contributed by atoms with van der Waals surface area (Å²) >= 11 is 6.32. The first-order valence-electron chi connectivity index (χ1n) is 7.72. The van der Waals surface area contributed by atoms with Gasteiger partial charge in [0.1, 0.15) is 11.6 Å². The van der Waals surface area contributed by atoms with Crippen molar-refractivity contribution in [2.45, 2.75) is 0 Å². The number of hydrogen-bond acceptors (Lipinski definition) is 3. The van der Waals surface area contributed by atoms with E-state index in [1.807, 2.05) is 0 Å². The third kappa shape index (κ3) is 4.99. The van der Waals surface area contributed by atoms with Gasteiger partial charge in [0.15, 0.2) is 0 Å². The summed E-state index contributed by atoms with van der Waals surface area (Å²) in [5, 5.41) is 5.32. The molecule has 3 rings (SSSR count). The predicted octanol–water partition coefficient (Wildman–Crippen LogP) is 5.25. The van der Waals surface area contributed by atoms with Crippen molar-refractivity contribution < 1.29 is 14.0 Å². The summed E-state index contributed by atoms with van der Waals surface area (Å²) in [6.07, 6.45) is 1.57. The van der Waals surface area contributed by atoms with E-state index >= 15 is 0 Å². The lowest BCUT2D eigenvalue weighted by atomic mass is 10.1. The lowest BCUT2D eigenvalue weighted by Gasteiger charge is -2.09. The normalized spacial score (nSPS) is 10.3. The Morgan fingerprint density at radius 3 is 2.33 bits per heavy atom. The highest BCUT2D eigenvalue weighted by molar-refractivity contribution is 9.10. The fourth-order valence-corrected chi connectivity index (χ4v) is 2.70. The summed E-state index contributed by atoms with van der Waals surface area (Å²) in [5.41, 5.74) is 0.934. The Morgan fingerprint density at radius 1 is 0.889 bits per heavy atom. The number of hydrogen-bond donors (Lipinski definition) is 2. The largest absolute Gasteiger partial charge is 0.322 e. The molecule has 2 aromatic carbocycles. The molecule has 3 aromatic rings. The topological polar surface area (TPSA) is 71.1 Å². The van der Waals surface area contributed by atoms with Crippen molar-refractivity contribution in [1.29, 1.82) is 0 Å². The van der Waals surface area contributed by atoms with Gasteiger partial charge in [0.05, 0.1) is 4.47 Å². The molecule has 2 amide bonds. The van der Waals surface area contributed by atoms with Crippen LogP contribution < -0.4 is 10.6 Å². The number of benzene rings is 2. The Labute approximate surface area is 171 Å². The SMILES string of the molecule is O=C(Nc1cccc(C(=O)Nc2ccc(Br)cn2)c1)c1ccc(Br)c(F)c1. The van der Waals surface area contributed by atoms with E-state index in [0.29, 0.717) is 17.1 Å². The molecular weight excluding hydrogens is 481 g/mol. The van der Waals surface area contributed by atoms with E-state index in [1.165, 1.54) is 18.2 Å². The van der Waals surface area contributed by atoms with Gasteiger partial charge in [-0.3, -0.25) is 9.59 Å². The first-order valence-corrected chi connectivity index (χ1v) is 9.30. The lowest BCUT2D eigenvalue weighted by Crippen LogP contribution is -2.15. The molecule has 0 radical (unpaired) electrons. The van der Waals surface area contributed by atoms with Gasteiger partial charge < -0.3 is 10.6 Å². The third-order valence-corrected chi connectivity index (χ3v) is 4.65. The van der Waals surface area contributed by atoms with Crippen LogP contribution in [-0.2, 0) is 0 Å². The van der Waals surface area contributed by atoms with Gasteiger partial charge in [0.25, 0.3) is 11.8 Å². The third-order valence-electron chi connectivity index (χ3n) is 3.53. The molecule has 0 aliphatic rings. The van der Waals surface area contributed by atoms with Crippen molar-refractivity contribution >= 4 is 55.2 Å². The minimum atomic E-state index is -0.530. The Hall–Kier alpha value is -2.58. The second kappa shape index (κ2) is 8.41. The molecule has 0 saturated heterocycles. The van der Waals surface area contributed by atoms with Crippen LogP contribution >= 0.6 is 31.9 Å². The second-order valence-electron chi connectivity index (χ2n) is 5.48. The Morgan fingerprint density at radius 2 is 1.63 bits per heavy atom. The van der Waals surface area contributed by atoms with Crippen molar-refractivity contribution in [3.63, 3.8) is 0 Å². The second-order valence-corrected chi connectivity index (χ2v) is 7.25. The fraction of sp³-hybridized carbons (Fsp3) is 0. The maximum Gasteiger partial charge on any atom is 0.256 e. The Bertz CT molecular complexity index is 1010. The Kier molecular flexibility index (Phi) is 5.98. The van der Waals surface area contributed by atoms with Crippen molar-refractivity contribution in [3.8, 4) is 0 Å². The van der Waals surface area contributed by atoms with Gasteiger partial charge in [-0.1, -0.05) is 6.07 Å². The van der Waals surface area contributed by atoms with E-state index in [1.54, 1.807) is 36.5 Å². The summed E-state index contributed by atoms with van der Waals surface area (Å²) in [7, 11) is 0. The van der Waals surface area contributed by atoms with Crippen molar-refractivity contribution in [1.82, 2.24) is 4.98 Å². The van der Waals surface area contributed by atoms with Crippen LogP contribution in [0.3, 0.4) is 0 Å². The molecule has 0 aliphatic heterocycles. The molecule has 0 fully saturated rings. The van der Waals surface area contributed by atoms with E-state index < -0.39 is 11.7 Å². The number of nitrogens with one attached hydrogen (secondary N) is 2. The van der Waals surface area contributed by atoms with Crippen molar-refractivity contribution in [2.24, 2.45) is 0 Å². The lowest BCUT2D eigenvalue weighted by molar-refractivity contribution is 0.101. The number of halogens is 3. The number of nitrogens with zero attached hydrogens (tertiary/aromatic N) is 1. The smallest absolute Gasteiger partial charge is 0.256 e. The Balaban J connectivity index is 1.72. The van der Waals surface area contributed by atoms with Crippen LogP contribution in [0.25, 0.3) is 0 Å². The molecule has 8 heteroatoms. The molecule has 1 heterocycles. The molecule has 2 N–H and O–H groups in total.